The van der Waals surface area contributed by atoms with Crippen molar-refractivity contribution < 1.29 is 157 Å². The molecule has 0 radical (unpaired) electrons. The topological polar surface area (TPSA) is 410 Å². The molecule has 0 spiro atoms. The van der Waals surface area contributed by atoms with Crippen LogP contribution in [0, 0.1) is 0 Å². The first-order valence-electron chi connectivity index (χ1n) is 45.7. The molecule has 4 fully saturated rings. The summed E-state index contributed by atoms with van der Waals surface area (Å²) < 4.78 is 134. The molecule has 1 N–H and O–H groups in total. The van der Waals surface area contributed by atoms with E-state index in [4.69, 9.17) is 94.7 Å². The van der Waals surface area contributed by atoms with E-state index in [1.54, 1.807) is 109 Å². The van der Waals surface area contributed by atoms with Crippen LogP contribution in [-0.2, 0) is 94.7 Å². The van der Waals surface area contributed by atoms with Crippen molar-refractivity contribution in [2.45, 2.75) is 123 Å². The summed E-state index contributed by atoms with van der Waals surface area (Å²) in [5.74, 6) is -13.5. The Morgan fingerprint density at radius 2 is 0.368 bits per heavy atom. The second-order valence-electron chi connectivity index (χ2n) is 32.8. The van der Waals surface area contributed by atoms with Gasteiger partial charge in [0, 0.05) is 0 Å². The number of carbonyl (C=O) groups excluding carboxylic acids is 12. The molecule has 0 unspecified atom stereocenters. The fourth-order valence-electron chi connectivity index (χ4n) is 16.2. The van der Waals surface area contributed by atoms with Gasteiger partial charge in [-0.05, 0) is 146 Å². The van der Waals surface area contributed by atoms with Gasteiger partial charge in [-0.1, -0.05) is 224 Å². The zero-order chi connectivity index (χ0) is 100. The number of benzene rings is 12. The van der Waals surface area contributed by atoms with Crippen LogP contribution in [0.3, 0.4) is 0 Å². The van der Waals surface area contributed by atoms with E-state index in [9.17, 15) is 33.9 Å². The molecule has 33 nitrogen and oxygen atoms in total. The standard InChI is InChI=1S/C111H94O33/c1-2-63-125-88-84(134-100(116)72-47-23-7-24-48-72)81(65-127-97(113)69-41-17-4-18-42-69)131-109(93(88)139-105(121)77-57-33-12-34-58-77)143-90-86(136-102(118)74-51-27-9-28-52-74)83(67-129-99(115)71-45-21-6-22-46-71)133-111(95(90)141-107(123)79-61-37-14-38-62-79)144-91-87(137-103(119)75-53-29-10-30-54-75)82(66-128-98(114)70-43-19-5-20-44-70)132-110(94(91)140-106(122)78-59-35-13-36-60-78)142-89-85(135-101(117)73-49-25-8-26-50-73)80(64-126-96(112)68-39-15-3-16-40-68)130-108(124)92(89)138-104(120)76-55-31-11-32-56-76/h2-62,80-95,108-111,124H,1,63-67H2/t80-,81-,82-,83-,84-,85-,86-,87-,88+,89+,90+,91+,92+,93+,94+,95+,108+,109-,110-,111-/m1/s1. The van der Waals surface area contributed by atoms with E-state index >= 15 is 28.8 Å². The maximum absolute atomic E-state index is 16.1. The SMILES string of the molecule is C=CCO[C@@H]1[C@H](OC(=O)c2ccccc2)[C@@H](O[C@@H]2[C@H](OC(=O)c3ccccc3)[C@@H](O[C@@H]3[C@H](OC(=O)c4ccccc4)[C@@H](O[C@@H]4[C@H](OC(=O)c5ccccc5)[C@@H](O)O[C@H](COC(=O)c5ccccc5)[C@H]4OC(=O)c4ccccc4)O[C@H](COC(=O)c4ccccc4)[C@H]3OC(=O)c3ccccc3)O[C@H](COC(=O)c3ccccc3)[C@H]2OC(=O)c2ccccc2)O[C@H](COC(=O)c2ccccc2)[C@H]1OC(=O)c1ccccc1. The van der Waals surface area contributed by atoms with E-state index in [-0.39, 0.29) is 66.8 Å². The van der Waals surface area contributed by atoms with Gasteiger partial charge in [-0.15, -0.1) is 6.58 Å². The molecular weight excluding hydrogens is 1860 g/mol. The fourth-order valence-corrected chi connectivity index (χ4v) is 16.2. The van der Waals surface area contributed by atoms with Gasteiger partial charge in [0.2, 0.25) is 0 Å². The van der Waals surface area contributed by atoms with Gasteiger partial charge in [0.1, 0.15) is 75.3 Å². The Kier molecular flexibility index (Phi) is 34.4. The van der Waals surface area contributed by atoms with Crippen LogP contribution in [0.1, 0.15) is 124 Å². The van der Waals surface area contributed by atoms with E-state index in [2.05, 4.69) is 6.58 Å². The summed E-state index contributed by atoms with van der Waals surface area (Å²) >= 11 is 0. The summed E-state index contributed by atoms with van der Waals surface area (Å²) in [6.45, 7) is -0.511. The molecule has 0 aromatic heterocycles. The number of hydrogen-bond donors (Lipinski definition) is 1. The van der Waals surface area contributed by atoms with E-state index in [1.807, 2.05) is 0 Å². The molecule has 0 bridgehead atoms. The molecule has 0 aliphatic carbocycles. The van der Waals surface area contributed by atoms with Gasteiger partial charge in [0.15, 0.2) is 74.0 Å². The van der Waals surface area contributed by atoms with Gasteiger partial charge >= 0.3 is 71.6 Å². The second kappa shape index (κ2) is 49.2. The van der Waals surface area contributed by atoms with Crippen molar-refractivity contribution >= 4 is 71.6 Å². The van der Waals surface area contributed by atoms with Crippen LogP contribution in [0.4, 0.5) is 0 Å². The average molecular weight is 1960 g/mol. The number of rotatable bonds is 37. The minimum atomic E-state index is -2.61. The lowest BCUT2D eigenvalue weighted by Gasteiger charge is -2.51. The molecular formula is C111H94O33. The summed E-state index contributed by atoms with van der Waals surface area (Å²) in [7, 11) is 0. The minimum absolute atomic E-state index is 0.0173. The molecule has 4 aliphatic heterocycles. The molecule has 33 heteroatoms. The van der Waals surface area contributed by atoms with Gasteiger partial charge in [-0.3, -0.25) is 0 Å². The fraction of sp³-hybridized carbons (Fsp3) is 0.225. The van der Waals surface area contributed by atoms with Crippen molar-refractivity contribution in [1.82, 2.24) is 0 Å². The lowest BCUT2D eigenvalue weighted by atomic mass is 9.94. The molecule has 12 aromatic carbocycles. The first-order valence-corrected chi connectivity index (χ1v) is 45.7. The molecule has 736 valence electrons. The van der Waals surface area contributed by atoms with E-state index in [1.165, 1.54) is 261 Å². The highest BCUT2D eigenvalue weighted by atomic mass is 16.8. The number of carbonyl (C=O) groups is 12. The van der Waals surface area contributed by atoms with Crippen molar-refractivity contribution in [1.29, 1.82) is 0 Å². The maximum atomic E-state index is 16.1. The zero-order valence-corrected chi connectivity index (χ0v) is 76.5. The van der Waals surface area contributed by atoms with Crippen LogP contribution in [-0.4, -0.2) is 233 Å². The average Bonchev–Trinajstić information content (AvgIpc) is 0.743. The third kappa shape index (κ3) is 25.7. The second-order valence-corrected chi connectivity index (χ2v) is 32.8. The Labute approximate surface area is 824 Å². The molecule has 20 atom stereocenters. The highest BCUT2D eigenvalue weighted by Crippen LogP contribution is 2.43. The van der Waals surface area contributed by atoms with E-state index in [0.717, 1.165) is 0 Å². The van der Waals surface area contributed by atoms with Crippen LogP contribution in [0.25, 0.3) is 0 Å². The van der Waals surface area contributed by atoms with Crippen LogP contribution in [0.5, 0.6) is 0 Å². The van der Waals surface area contributed by atoms with E-state index < -0.39 is 227 Å². The Hall–Kier alpha value is -16.3. The van der Waals surface area contributed by atoms with Gasteiger partial charge in [-0.2, -0.15) is 0 Å². The highest BCUT2D eigenvalue weighted by Gasteiger charge is 2.63. The van der Waals surface area contributed by atoms with Crippen LogP contribution < -0.4 is 0 Å². The van der Waals surface area contributed by atoms with Crippen molar-refractivity contribution in [2.24, 2.45) is 0 Å². The highest BCUT2D eigenvalue weighted by molar-refractivity contribution is 5.95. The van der Waals surface area contributed by atoms with Gasteiger partial charge < -0.3 is 99.8 Å². The van der Waals surface area contributed by atoms with Crippen LogP contribution >= 0.6 is 0 Å². The summed E-state index contributed by atoms with van der Waals surface area (Å²) in [5.41, 5.74) is -1.31. The van der Waals surface area contributed by atoms with Crippen molar-refractivity contribution in [3.8, 4) is 0 Å². The molecule has 4 heterocycles. The maximum Gasteiger partial charge on any atom is 0.338 e. The molecule has 0 amide bonds. The first-order chi connectivity index (χ1) is 70.3. The monoisotopic (exact) mass is 1950 g/mol. The third-order valence-corrected chi connectivity index (χ3v) is 23.2. The first kappa shape index (κ1) is 101. The van der Waals surface area contributed by atoms with E-state index in [0.29, 0.717) is 0 Å². The number of ether oxygens (including phenoxy) is 20. The summed E-state index contributed by atoms with van der Waals surface area (Å²) in [5, 5.41) is 12.8. The third-order valence-electron chi connectivity index (χ3n) is 23.2. The predicted octanol–water partition coefficient (Wildman–Crippen LogP) is 13.8. The molecule has 16 rings (SSSR count). The summed E-state index contributed by atoms with van der Waals surface area (Å²) in [6, 6.07) is 88.9. The number of aliphatic hydroxyl groups excluding tert-OH is 1. The van der Waals surface area contributed by atoms with Crippen molar-refractivity contribution in [3.63, 3.8) is 0 Å². The van der Waals surface area contributed by atoms with Gasteiger partial charge in [0.25, 0.3) is 0 Å². The largest absolute Gasteiger partial charge is 0.459 e. The van der Waals surface area contributed by atoms with Crippen LogP contribution in [0.15, 0.2) is 377 Å². The lowest BCUT2D eigenvalue weighted by molar-refractivity contribution is -0.387. The zero-order valence-electron chi connectivity index (χ0n) is 76.5. The number of esters is 12. The number of hydrogen-bond acceptors (Lipinski definition) is 33. The smallest absolute Gasteiger partial charge is 0.338 e. The Morgan fingerprint density at radius 3 is 0.569 bits per heavy atom. The number of aliphatic hydroxyl groups is 1. The Balaban J connectivity index is 0.928. The summed E-state index contributed by atoms with van der Waals surface area (Å²) in [6.07, 6.45) is -43.7. The van der Waals surface area contributed by atoms with Crippen LogP contribution in [0.2, 0.25) is 0 Å². The molecule has 144 heavy (non-hydrogen) atoms. The molecule has 4 aliphatic rings. The summed E-state index contributed by atoms with van der Waals surface area (Å²) in [4.78, 5) is 182. The Morgan fingerprint density at radius 1 is 0.208 bits per heavy atom. The van der Waals surface area contributed by atoms with Gasteiger partial charge in [0.05, 0.1) is 73.4 Å². The lowest BCUT2D eigenvalue weighted by Crippen LogP contribution is -2.70. The quantitative estimate of drug-likeness (QED) is 0.0215. The molecule has 4 saturated heterocycles. The Bertz CT molecular complexity index is 6330. The van der Waals surface area contributed by atoms with Crippen molar-refractivity contribution in [2.75, 3.05) is 33.0 Å². The van der Waals surface area contributed by atoms with Gasteiger partial charge in [-0.25, -0.2) is 57.5 Å². The normalized spacial score (nSPS) is 23.7. The minimum Gasteiger partial charge on any atom is -0.459 e. The van der Waals surface area contributed by atoms with Crippen molar-refractivity contribution in [3.05, 3.63) is 443 Å². The predicted molar refractivity (Wildman–Crippen MR) is 503 cm³/mol. The molecule has 0 saturated carbocycles. The molecule has 12 aromatic rings.